The van der Waals surface area contributed by atoms with Gasteiger partial charge >= 0.3 is 5.97 Å². The van der Waals surface area contributed by atoms with Gasteiger partial charge in [0.2, 0.25) is 17.7 Å². The van der Waals surface area contributed by atoms with Gasteiger partial charge < -0.3 is 20.5 Å². The number of nitrogens with zero attached hydrogens (tertiary/aromatic N) is 1. The Morgan fingerprint density at radius 3 is 2.47 bits per heavy atom. The van der Waals surface area contributed by atoms with Crippen molar-refractivity contribution < 1.29 is 38.6 Å². The molecule has 1 saturated heterocycles. The second-order valence-corrected chi connectivity index (χ2v) is 10.7. The van der Waals surface area contributed by atoms with Gasteiger partial charge in [0.15, 0.2) is 0 Å². The summed E-state index contributed by atoms with van der Waals surface area (Å²) in [6.07, 6.45) is 0.288. The zero-order valence-electron chi connectivity index (χ0n) is 22.0. The summed E-state index contributed by atoms with van der Waals surface area (Å²) in [6.45, 7) is 8.01. The quantitative estimate of drug-likeness (QED) is 0.292. The van der Waals surface area contributed by atoms with E-state index in [1.165, 1.54) is 6.07 Å². The number of ether oxygens (including phenoxy) is 1. The molecule has 5 amide bonds. The molecule has 1 atom stereocenters. The van der Waals surface area contributed by atoms with Crippen molar-refractivity contribution in [2.75, 3.05) is 18.5 Å². The fraction of sp³-hybridized carbons (Fsp3) is 0.538. The van der Waals surface area contributed by atoms with Gasteiger partial charge in [-0.3, -0.25) is 39.0 Å². The Labute approximate surface area is 220 Å². The standard InChI is InChI=1S/C26H34N4O8/c1-25(2,14-38-26(3,4)12-13-27-18(31)10-11-20(33)34)29-16-7-5-6-15-21(16)24(37)30(23(15)36)17-8-9-19(32)28-22(17)35/h5-7,17,29H,8-14H2,1-4H3,(H,27,31)(H,33,34)(H,28,32,35). The van der Waals surface area contributed by atoms with E-state index in [2.05, 4.69) is 16.0 Å². The minimum absolute atomic E-state index is 0.0427. The highest BCUT2D eigenvalue weighted by Crippen LogP contribution is 2.34. The van der Waals surface area contributed by atoms with Crippen molar-refractivity contribution in [3.05, 3.63) is 29.3 Å². The molecule has 3 rings (SSSR count). The molecule has 1 unspecified atom stereocenters. The van der Waals surface area contributed by atoms with Gasteiger partial charge in [0.05, 0.1) is 35.3 Å². The van der Waals surface area contributed by atoms with Crippen LogP contribution in [0.5, 0.6) is 0 Å². The fourth-order valence-electron chi connectivity index (χ4n) is 4.28. The first-order valence-electron chi connectivity index (χ1n) is 12.5. The second kappa shape index (κ2) is 11.3. The van der Waals surface area contributed by atoms with Crippen LogP contribution >= 0.6 is 0 Å². The first-order valence-corrected chi connectivity index (χ1v) is 12.5. The van der Waals surface area contributed by atoms with Gasteiger partial charge in [-0.25, -0.2) is 0 Å². The zero-order chi connectivity index (χ0) is 28.3. The smallest absolute Gasteiger partial charge is 0.303 e. The number of nitrogens with one attached hydrogen (secondary N) is 3. The Hall–Kier alpha value is -3.80. The van der Waals surface area contributed by atoms with Crippen molar-refractivity contribution in [1.29, 1.82) is 0 Å². The first-order chi connectivity index (χ1) is 17.7. The molecule has 1 fully saturated rings. The van der Waals surface area contributed by atoms with Gasteiger partial charge in [-0.15, -0.1) is 0 Å². The molecule has 2 aliphatic rings. The first kappa shape index (κ1) is 28.8. The number of carboxylic acids is 1. The van der Waals surface area contributed by atoms with E-state index in [0.717, 1.165) is 4.90 Å². The minimum atomic E-state index is -1.05. The third-order valence-electron chi connectivity index (χ3n) is 6.38. The lowest BCUT2D eigenvalue weighted by atomic mass is 10.0. The summed E-state index contributed by atoms with van der Waals surface area (Å²) < 4.78 is 6.10. The van der Waals surface area contributed by atoms with Crippen LogP contribution in [0.3, 0.4) is 0 Å². The largest absolute Gasteiger partial charge is 0.481 e. The molecule has 1 aromatic carbocycles. The minimum Gasteiger partial charge on any atom is -0.481 e. The highest BCUT2D eigenvalue weighted by molar-refractivity contribution is 6.25. The molecule has 2 heterocycles. The number of aliphatic carboxylic acids is 1. The van der Waals surface area contributed by atoms with E-state index in [4.69, 9.17) is 9.84 Å². The van der Waals surface area contributed by atoms with Crippen LogP contribution in [-0.2, 0) is 23.9 Å². The summed E-state index contributed by atoms with van der Waals surface area (Å²) in [6, 6.07) is 3.81. The summed E-state index contributed by atoms with van der Waals surface area (Å²) >= 11 is 0. The van der Waals surface area contributed by atoms with Gasteiger partial charge in [0.25, 0.3) is 11.8 Å². The van der Waals surface area contributed by atoms with E-state index in [1.807, 2.05) is 27.7 Å². The molecular weight excluding hydrogens is 496 g/mol. The summed E-state index contributed by atoms with van der Waals surface area (Å²) in [5.74, 6) is -3.65. The van der Waals surface area contributed by atoms with Gasteiger partial charge in [0.1, 0.15) is 6.04 Å². The molecule has 0 spiro atoms. The van der Waals surface area contributed by atoms with E-state index in [-0.39, 0.29) is 49.3 Å². The summed E-state index contributed by atoms with van der Waals surface area (Å²) in [5.41, 5.74) is -0.527. The van der Waals surface area contributed by atoms with E-state index < -0.39 is 46.8 Å². The molecule has 1 aromatic rings. The maximum Gasteiger partial charge on any atom is 0.303 e. The Morgan fingerprint density at radius 1 is 1.11 bits per heavy atom. The normalized spacial score (nSPS) is 17.8. The number of anilines is 1. The Bertz CT molecular complexity index is 1160. The van der Waals surface area contributed by atoms with Crippen LogP contribution in [0.25, 0.3) is 0 Å². The number of benzene rings is 1. The molecule has 2 aliphatic heterocycles. The lowest BCUT2D eigenvalue weighted by molar-refractivity contribution is -0.139. The number of rotatable bonds is 12. The van der Waals surface area contributed by atoms with Crippen LogP contribution in [0.2, 0.25) is 0 Å². The average Bonchev–Trinajstić information content (AvgIpc) is 3.07. The molecule has 0 aromatic heterocycles. The molecule has 4 N–H and O–H groups in total. The monoisotopic (exact) mass is 530 g/mol. The number of hydrogen-bond acceptors (Lipinski definition) is 8. The molecule has 12 heteroatoms. The number of carbonyl (C=O) groups excluding carboxylic acids is 5. The Balaban J connectivity index is 1.62. The molecule has 0 bridgehead atoms. The molecule has 206 valence electrons. The highest BCUT2D eigenvalue weighted by Gasteiger charge is 2.46. The van der Waals surface area contributed by atoms with E-state index >= 15 is 0 Å². The molecule has 0 saturated carbocycles. The number of imide groups is 2. The molecule has 12 nitrogen and oxygen atoms in total. The topological polar surface area (TPSA) is 171 Å². The average molecular weight is 531 g/mol. The lowest BCUT2D eigenvalue weighted by Gasteiger charge is -2.34. The van der Waals surface area contributed by atoms with Gasteiger partial charge in [0, 0.05) is 25.1 Å². The number of hydrogen-bond donors (Lipinski definition) is 4. The predicted octanol–water partition coefficient (Wildman–Crippen LogP) is 1.44. The maximum atomic E-state index is 13.3. The number of fused-ring (bicyclic) bond motifs is 1. The van der Waals surface area contributed by atoms with Crippen molar-refractivity contribution in [2.24, 2.45) is 0 Å². The molecular formula is C26H34N4O8. The van der Waals surface area contributed by atoms with Crippen LogP contribution in [-0.4, -0.2) is 75.8 Å². The third kappa shape index (κ3) is 6.94. The van der Waals surface area contributed by atoms with Crippen LogP contribution in [0.15, 0.2) is 18.2 Å². The Kier molecular flexibility index (Phi) is 8.55. The van der Waals surface area contributed by atoms with Crippen LogP contribution in [0.1, 0.15) is 80.5 Å². The molecule has 38 heavy (non-hydrogen) atoms. The molecule has 0 aliphatic carbocycles. The molecule has 0 radical (unpaired) electrons. The van der Waals surface area contributed by atoms with Crippen molar-refractivity contribution >= 4 is 41.2 Å². The number of amides is 5. The summed E-state index contributed by atoms with van der Waals surface area (Å²) in [5, 5.41) is 16.8. The highest BCUT2D eigenvalue weighted by atomic mass is 16.5. The summed E-state index contributed by atoms with van der Waals surface area (Å²) in [7, 11) is 0. The number of carboxylic acid groups (broad SMARTS) is 1. The van der Waals surface area contributed by atoms with Crippen LogP contribution < -0.4 is 16.0 Å². The van der Waals surface area contributed by atoms with E-state index in [0.29, 0.717) is 18.7 Å². The Morgan fingerprint density at radius 2 is 1.82 bits per heavy atom. The number of piperidine rings is 1. The van der Waals surface area contributed by atoms with E-state index in [9.17, 15) is 28.8 Å². The van der Waals surface area contributed by atoms with Crippen LogP contribution in [0.4, 0.5) is 5.69 Å². The summed E-state index contributed by atoms with van der Waals surface area (Å²) in [4.78, 5) is 73.5. The van der Waals surface area contributed by atoms with Gasteiger partial charge in [-0.1, -0.05) is 6.07 Å². The SMILES string of the molecule is CC(C)(COC(C)(C)CCNC(=O)CCC(=O)O)Nc1cccc2c1C(=O)N(C1CCC(=O)NC1=O)C2=O. The zero-order valence-corrected chi connectivity index (χ0v) is 22.0. The third-order valence-corrected chi connectivity index (χ3v) is 6.38. The fourth-order valence-corrected chi connectivity index (χ4v) is 4.28. The van der Waals surface area contributed by atoms with E-state index in [1.54, 1.807) is 12.1 Å². The predicted molar refractivity (Wildman–Crippen MR) is 135 cm³/mol. The van der Waals surface area contributed by atoms with Gasteiger partial charge in [-0.05, 0) is 52.7 Å². The van der Waals surface area contributed by atoms with Crippen molar-refractivity contribution in [2.45, 2.75) is 77.0 Å². The number of carbonyl (C=O) groups is 6. The second-order valence-electron chi connectivity index (χ2n) is 10.7. The van der Waals surface area contributed by atoms with Gasteiger partial charge in [-0.2, -0.15) is 0 Å². The maximum absolute atomic E-state index is 13.3. The van der Waals surface area contributed by atoms with Crippen molar-refractivity contribution in [3.63, 3.8) is 0 Å². The van der Waals surface area contributed by atoms with Crippen LogP contribution in [0, 0.1) is 0 Å². The van der Waals surface area contributed by atoms with Crippen molar-refractivity contribution in [3.8, 4) is 0 Å². The van der Waals surface area contributed by atoms with Crippen molar-refractivity contribution in [1.82, 2.24) is 15.5 Å². The lowest BCUT2D eigenvalue weighted by Crippen LogP contribution is -2.54.